The summed E-state index contributed by atoms with van der Waals surface area (Å²) < 4.78 is 13.8. The third kappa shape index (κ3) is 5.42. The number of nitrogens with zero attached hydrogens (tertiary/aromatic N) is 5. The van der Waals surface area contributed by atoms with E-state index in [1.807, 2.05) is 12.1 Å². The average molecular weight is 846 g/mol. The van der Waals surface area contributed by atoms with Crippen LogP contribution < -0.4 is 0 Å². The number of fused-ring (bicyclic) bond motifs is 13. The predicted molar refractivity (Wildman–Crippen MR) is 275 cm³/mol. The van der Waals surface area contributed by atoms with E-state index < -0.39 is 0 Å². The van der Waals surface area contributed by atoms with Gasteiger partial charge in [-0.15, -0.1) is 0 Å². The summed E-state index contributed by atoms with van der Waals surface area (Å²) in [4.78, 5) is 11.6. The highest BCUT2D eigenvalue weighted by molar-refractivity contribution is 6.27. The maximum absolute atomic E-state index is 6.70. The largest absolute Gasteiger partial charge is 0.455 e. The second-order valence-corrected chi connectivity index (χ2v) is 17.2. The van der Waals surface area contributed by atoms with Crippen LogP contribution in [-0.2, 0) is 0 Å². The first kappa shape index (κ1) is 36.7. The van der Waals surface area contributed by atoms with E-state index in [2.05, 4.69) is 214 Å². The molecule has 0 saturated carbocycles. The normalized spacial score (nSPS) is 16.0. The zero-order chi connectivity index (χ0) is 43.3. The van der Waals surface area contributed by atoms with Crippen molar-refractivity contribution < 1.29 is 4.42 Å². The number of benzene rings is 9. The lowest BCUT2D eigenvalue weighted by Gasteiger charge is -2.17. The number of hydrogen-bond donors (Lipinski definition) is 0. The third-order valence-corrected chi connectivity index (χ3v) is 13.6. The zero-order valence-electron chi connectivity index (χ0n) is 35.8. The van der Waals surface area contributed by atoms with Gasteiger partial charge in [-0.05, 0) is 78.6 Å². The van der Waals surface area contributed by atoms with Crippen LogP contribution in [0.3, 0.4) is 0 Å². The Labute approximate surface area is 378 Å². The molecule has 14 rings (SSSR count). The van der Waals surface area contributed by atoms with E-state index in [0.29, 0.717) is 12.4 Å². The highest BCUT2D eigenvalue weighted by Gasteiger charge is 2.26. The first-order chi connectivity index (χ1) is 32.8. The Morgan fingerprint density at radius 2 is 0.924 bits per heavy atom. The lowest BCUT2D eigenvalue weighted by Crippen LogP contribution is -2.16. The molecule has 0 fully saturated rings. The molecule has 66 heavy (non-hydrogen) atoms. The Morgan fingerprint density at radius 1 is 0.394 bits per heavy atom. The molecular formula is C60H39N5O. The maximum Gasteiger partial charge on any atom is 0.236 e. The lowest BCUT2D eigenvalue weighted by molar-refractivity contribution is 0.668. The summed E-state index contributed by atoms with van der Waals surface area (Å²) in [6.45, 7) is 0. The van der Waals surface area contributed by atoms with Crippen LogP contribution in [0.4, 0.5) is 0 Å². The quantitative estimate of drug-likeness (QED) is 0.174. The van der Waals surface area contributed by atoms with E-state index in [4.69, 9.17) is 14.4 Å². The van der Waals surface area contributed by atoms with Gasteiger partial charge in [0, 0.05) is 54.3 Å². The minimum atomic E-state index is 0.583. The van der Waals surface area contributed by atoms with E-state index in [9.17, 15) is 0 Å². The van der Waals surface area contributed by atoms with Crippen LogP contribution in [0.5, 0.6) is 0 Å². The fraction of sp³-hybridized carbons (Fsp3) is 0.0333. The molecule has 9 aromatic carbocycles. The third-order valence-electron chi connectivity index (χ3n) is 13.6. The van der Waals surface area contributed by atoms with Crippen molar-refractivity contribution in [1.82, 2.24) is 13.7 Å². The Kier molecular flexibility index (Phi) is 8.01. The molecule has 6 nitrogen and oxygen atoms in total. The Hall–Kier alpha value is -8.74. The molecule has 6 heteroatoms. The van der Waals surface area contributed by atoms with E-state index in [0.717, 1.165) is 106 Å². The number of rotatable bonds is 4. The Bertz CT molecular complexity index is 4180. The van der Waals surface area contributed by atoms with E-state index in [-0.39, 0.29) is 0 Å². The number of aliphatic imine (C=N–C) groups is 2. The summed E-state index contributed by atoms with van der Waals surface area (Å²) in [6.07, 6.45) is 3.70. The molecule has 0 radical (unpaired) electrons. The van der Waals surface area contributed by atoms with Gasteiger partial charge < -0.3 is 8.98 Å². The van der Waals surface area contributed by atoms with E-state index >= 15 is 0 Å². The van der Waals surface area contributed by atoms with Gasteiger partial charge in [-0.3, -0.25) is 9.13 Å². The second kappa shape index (κ2) is 14.4. The summed E-state index contributed by atoms with van der Waals surface area (Å²) in [5.41, 5.74) is 13.5. The van der Waals surface area contributed by atoms with E-state index in [1.54, 1.807) is 0 Å². The SMILES string of the molecule is C1=C(n2c3ccccc3c3ccccc32)/N=C(n2c3ccccc3c3ccc4c5ccccc5n(-c5cccc(-c6ccccc6)c5)c4c32)\N=C(\c2cccc3c2oc2ccccc23)CC\1. The molecule has 4 aromatic heterocycles. The summed E-state index contributed by atoms with van der Waals surface area (Å²) in [5.74, 6) is 1.42. The predicted octanol–water partition coefficient (Wildman–Crippen LogP) is 15.6. The fourth-order valence-corrected chi connectivity index (χ4v) is 10.7. The van der Waals surface area contributed by atoms with Crippen LogP contribution in [0.2, 0.25) is 0 Å². The highest BCUT2D eigenvalue weighted by atomic mass is 16.3. The molecule has 0 amide bonds. The number of para-hydroxylation sites is 6. The highest BCUT2D eigenvalue weighted by Crippen LogP contribution is 2.42. The van der Waals surface area contributed by atoms with Gasteiger partial charge in [-0.1, -0.05) is 158 Å². The minimum Gasteiger partial charge on any atom is -0.455 e. The van der Waals surface area contributed by atoms with Crippen LogP contribution in [0.15, 0.2) is 227 Å². The van der Waals surface area contributed by atoms with Crippen LogP contribution in [-0.4, -0.2) is 25.4 Å². The first-order valence-electron chi connectivity index (χ1n) is 22.6. The van der Waals surface area contributed by atoms with Crippen molar-refractivity contribution in [2.45, 2.75) is 12.8 Å². The molecule has 1 aliphatic rings. The van der Waals surface area contributed by atoms with Crippen molar-refractivity contribution in [3.05, 3.63) is 218 Å². The topological polar surface area (TPSA) is 52.6 Å². The van der Waals surface area contributed by atoms with E-state index in [1.165, 1.54) is 21.7 Å². The molecular weight excluding hydrogens is 807 g/mol. The van der Waals surface area contributed by atoms with Gasteiger partial charge in [0.15, 0.2) is 0 Å². The zero-order valence-corrected chi connectivity index (χ0v) is 35.8. The molecule has 0 unspecified atom stereocenters. The first-order valence-corrected chi connectivity index (χ1v) is 22.6. The fourth-order valence-electron chi connectivity index (χ4n) is 10.7. The van der Waals surface area contributed by atoms with Crippen LogP contribution >= 0.6 is 0 Å². The monoisotopic (exact) mass is 845 g/mol. The lowest BCUT2D eigenvalue weighted by atomic mass is 10.0. The van der Waals surface area contributed by atoms with Gasteiger partial charge in [-0.2, -0.15) is 4.99 Å². The van der Waals surface area contributed by atoms with Gasteiger partial charge in [-0.25, -0.2) is 4.99 Å². The molecule has 13 aromatic rings. The van der Waals surface area contributed by atoms with Crippen molar-refractivity contribution in [3.8, 4) is 16.8 Å². The summed E-state index contributed by atoms with van der Waals surface area (Å²) in [6, 6.07) is 73.6. The molecule has 1 aliphatic heterocycles. The van der Waals surface area contributed by atoms with Crippen LogP contribution in [0.25, 0.3) is 110 Å². The van der Waals surface area contributed by atoms with Gasteiger partial charge in [0.05, 0.1) is 38.8 Å². The Morgan fingerprint density at radius 3 is 1.62 bits per heavy atom. The Balaban J connectivity index is 1.12. The minimum absolute atomic E-state index is 0.583. The number of allylic oxidation sites excluding steroid dienone is 1. The molecule has 0 N–H and O–H groups in total. The molecule has 0 saturated heterocycles. The van der Waals surface area contributed by atoms with Crippen molar-refractivity contribution in [3.63, 3.8) is 0 Å². The standard InChI is InChI=1S/C60H39N5O/c1-2-17-38(18-3-1)39-19-14-20-40(37-39)63-51-29-9-6-23-43(51)46-35-36-47-44-24-7-12-32-54(44)65(58(47)57(46)63)60-61-50(49-27-15-26-48-45-25-8-13-33-55(45)66-59(48)49)28-16-34-56(62-60)64-52-30-10-4-21-41(52)42-22-5-11-31-53(42)64/h1-15,17-27,29-37H,16,28H2/b56-34+,61-50+,62-60+. The number of hydrogen-bond acceptors (Lipinski definition) is 3. The van der Waals surface area contributed by atoms with Crippen LogP contribution in [0, 0.1) is 0 Å². The maximum atomic E-state index is 6.70. The van der Waals surface area contributed by atoms with Crippen LogP contribution in [0.1, 0.15) is 18.4 Å². The van der Waals surface area contributed by atoms with Gasteiger partial charge >= 0.3 is 0 Å². The summed E-state index contributed by atoms with van der Waals surface area (Å²) >= 11 is 0. The van der Waals surface area contributed by atoms with Crippen molar-refractivity contribution >= 4 is 105 Å². The molecule has 5 heterocycles. The van der Waals surface area contributed by atoms with Crippen molar-refractivity contribution in [1.29, 1.82) is 0 Å². The second-order valence-electron chi connectivity index (χ2n) is 17.2. The molecule has 0 spiro atoms. The van der Waals surface area contributed by atoms with Gasteiger partial charge in [0.1, 0.15) is 17.0 Å². The smallest absolute Gasteiger partial charge is 0.236 e. The summed E-state index contributed by atoms with van der Waals surface area (Å²) in [5, 5.41) is 9.16. The van der Waals surface area contributed by atoms with Crippen molar-refractivity contribution in [2.75, 3.05) is 0 Å². The average Bonchev–Trinajstić information content (AvgIpc) is 4.11. The van der Waals surface area contributed by atoms with Gasteiger partial charge in [0.2, 0.25) is 5.96 Å². The van der Waals surface area contributed by atoms with Gasteiger partial charge in [0.25, 0.3) is 0 Å². The molecule has 0 aliphatic carbocycles. The molecule has 0 bridgehead atoms. The molecule has 0 atom stereocenters. The molecule has 310 valence electrons. The number of furan rings is 1. The van der Waals surface area contributed by atoms with Crippen molar-refractivity contribution in [2.24, 2.45) is 9.98 Å². The summed E-state index contributed by atoms with van der Waals surface area (Å²) in [7, 11) is 0. The number of aromatic nitrogens is 3.